The number of ether oxygens (including phenoxy) is 2. The molecule has 3 aromatic heterocycles. The van der Waals surface area contributed by atoms with Gasteiger partial charge in [0, 0.05) is 49.9 Å². The van der Waals surface area contributed by atoms with E-state index >= 15 is 0 Å². The van der Waals surface area contributed by atoms with E-state index in [-0.39, 0.29) is 12.5 Å². The lowest BCUT2D eigenvalue weighted by Gasteiger charge is -2.26. The number of thiazole rings is 1. The molecule has 6 rings (SSSR count). The molecule has 0 atom stereocenters. The number of hydrogen-bond acceptors (Lipinski definition) is 8. The van der Waals surface area contributed by atoms with Crippen LogP contribution in [-0.2, 0) is 4.74 Å². The molecule has 1 fully saturated rings. The van der Waals surface area contributed by atoms with E-state index in [1.165, 1.54) is 17.4 Å². The van der Waals surface area contributed by atoms with Crippen LogP contribution in [0, 0.1) is 0 Å². The van der Waals surface area contributed by atoms with Gasteiger partial charge in [-0.05, 0) is 36.2 Å². The zero-order valence-corrected chi connectivity index (χ0v) is 21.8. The number of fused-ring (bicyclic) bond motifs is 3. The van der Waals surface area contributed by atoms with Gasteiger partial charge in [-0.2, -0.15) is 0 Å². The lowest BCUT2D eigenvalue weighted by Crippen LogP contribution is -2.38. The highest BCUT2D eigenvalue weighted by Crippen LogP contribution is 2.32. The molecule has 0 bridgehead atoms. The SMILES string of the molecule is [2H]C(C)(C)c1cc(NC(=O)Nc2ccc(-c3cn4c(n3)sc3cc(OCCN5C([2H])([2H])C([2H])([2H])OC([2H])([2H])C5([2H])[2H])ccc34)cc2)on1. The molecule has 11 heteroatoms. The Morgan fingerprint density at radius 2 is 2.00 bits per heavy atom. The molecule has 0 unspecified atom stereocenters. The highest BCUT2D eigenvalue weighted by Gasteiger charge is 2.14. The van der Waals surface area contributed by atoms with Crippen LogP contribution < -0.4 is 15.4 Å². The Labute approximate surface area is 242 Å². The van der Waals surface area contributed by atoms with Crippen molar-refractivity contribution >= 4 is 44.1 Å². The Kier molecular flexibility index (Phi) is 4.79. The van der Waals surface area contributed by atoms with Gasteiger partial charge < -0.3 is 19.3 Å². The van der Waals surface area contributed by atoms with E-state index in [9.17, 15) is 4.79 Å². The van der Waals surface area contributed by atoms with Crippen LogP contribution in [0.25, 0.3) is 26.4 Å². The number of nitrogens with zero attached hydrogens (tertiary/aromatic N) is 4. The van der Waals surface area contributed by atoms with Gasteiger partial charge in [-0.25, -0.2) is 9.78 Å². The Hall–Kier alpha value is -3.93. The molecule has 5 aromatic rings. The molecule has 202 valence electrons. The predicted molar refractivity (Wildman–Crippen MR) is 152 cm³/mol. The molecule has 0 radical (unpaired) electrons. The normalized spacial score (nSPS) is 23.2. The van der Waals surface area contributed by atoms with Crippen molar-refractivity contribution in [3.63, 3.8) is 0 Å². The van der Waals surface area contributed by atoms with Crippen LogP contribution in [0.4, 0.5) is 16.4 Å². The number of aromatic nitrogens is 3. The molecular weight excluding hydrogens is 516 g/mol. The smallest absolute Gasteiger partial charge is 0.326 e. The van der Waals surface area contributed by atoms with Crippen molar-refractivity contribution in [1.82, 2.24) is 19.4 Å². The minimum absolute atomic E-state index is 0.126. The number of amides is 2. The second-order valence-electron chi connectivity index (χ2n) is 8.77. The van der Waals surface area contributed by atoms with Crippen molar-refractivity contribution in [3.8, 4) is 17.0 Å². The number of carbonyl (C=O) groups is 1. The van der Waals surface area contributed by atoms with Gasteiger partial charge in [-0.1, -0.05) is 42.5 Å². The highest BCUT2D eigenvalue weighted by atomic mass is 32.1. The van der Waals surface area contributed by atoms with Gasteiger partial charge in [0.2, 0.25) is 5.88 Å². The minimum atomic E-state index is -3.11. The number of nitrogens with one attached hydrogen (secondary N) is 2. The lowest BCUT2D eigenvalue weighted by molar-refractivity contribution is 0.0322. The minimum Gasteiger partial charge on any atom is -0.492 e. The summed E-state index contributed by atoms with van der Waals surface area (Å²) in [6.45, 7) is -9.53. The zero-order valence-electron chi connectivity index (χ0n) is 29.9. The van der Waals surface area contributed by atoms with Crippen molar-refractivity contribution in [3.05, 3.63) is 60.4 Å². The summed E-state index contributed by atoms with van der Waals surface area (Å²) in [5.74, 6) is -0.428. The average molecular weight is 556 g/mol. The fourth-order valence-electron chi connectivity index (χ4n) is 3.85. The molecule has 2 amide bonds. The van der Waals surface area contributed by atoms with Gasteiger partial charge in [0.1, 0.15) is 12.4 Å². The quantitative estimate of drug-likeness (QED) is 0.254. The average Bonchev–Trinajstić information content (AvgIpc) is 3.69. The van der Waals surface area contributed by atoms with Gasteiger partial charge >= 0.3 is 6.03 Å². The molecule has 0 aliphatic carbocycles. The van der Waals surface area contributed by atoms with Crippen LogP contribution in [0.5, 0.6) is 5.75 Å². The van der Waals surface area contributed by atoms with Gasteiger partial charge in [0.25, 0.3) is 0 Å². The molecule has 0 saturated carbocycles. The third kappa shape index (κ3) is 5.75. The predicted octanol–water partition coefficient (Wildman–Crippen LogP) is 5.68. The van der Waals surface area contributed by atoms with Crippen LogP contribution in [-0.4, -0.2) is 64.7 Å². The maximum absolute atomic E-state index is 12.4. The Balaban J connectivity index is 1.10. The molecule has 0 spiro atoms. The molecule has 1 saturated heterocycles. The fraction of sp³-hybridized carbons (Fsp3) is 0.321. The number of carbonyl (C=O) groups excluding carboxylic acids is 1. The summed E-state index contributed by atoms with van der Waals surface area (Å²) in [7, 11) is 0. The topological polar surface area (TPSA) is 106 Å². The van der Waals surface area contributed by atoms with Crippen LogP contribution in [0.2, 0.25) is 0 Å². The first kappa shape index (κ1) is 16.9. The lowest BCUT2D eigenvalue weighted by atomic mass is 10.1. The Bertz CT molecular complexity index is 1960. The fourth-order valence-corrected chi connectivity index (χ4v) is 4.89. The van der Waals surface area contributed by atoms with Gasteiger partial charge in [-0.15, -0.1) is 0 Å². The zero-order chi connectivity index (χ0) is 34.9. The summed E-state index contributed by atoms with van der Waals surface area (Å²) in [5, 5.41) is 9.08. The monoisotopic (exact) mass is 555 g/mol. The summed E-state index contributed by atoms with van der Waals surface area (Å²) < 4.78 is 89.9. The highest BCUT2D eigenvalue weighted by molar-refractivity contribution is 7.23. The molecular formula is C28H30N6O4S. The van der Waals surface area contributed by atoms with E-state index in [2.05, 4.69) is 20.5 Å². The van der Waals surface area contributed by atoms with E-state index in [1.807, 2.05) is 28.8 Å². The van der Waals surface area contributed by atoms with E-state index < -0.39 is 44.6 Å². The third-order valence-corrected chi connectivity index (χ3v) is 6.83. The van der Waals surface area contributed by atoms with Crippen molar-refractivity contribution in [2.24, 2.45) is 0 Å². The molecule has 39 heavy (non-hydrogen) atoms. The molecule has 2 aromatic carbocycles. The summed E-state index contributed by atoms with van der Waals surface area (Å²) >= 11 is 1.40. The number of anilines is 2. The molecule has 1 aliphatic heterocycles. The van der Waals surface area contributed by atoms with Crippen molar-refractivity contribution < 1.29 is 31.1 Å². The first-order chi connectivity index (χ1) is 22.3. The summed E-state index contributed by atoms with van der Waals surface area (Å²) in [6, 6.07) is 13.3. The number of imidazole rings is 1. The van der Waals surface area contributed by atoms with Crippen molar-refractivity contribution in [2.75, 3.05) is 49.9 Å². The Morgan fingerprint density at radius 3 is 2.77 bits per heavy atom. The van der Waals surface area contributed by atoms with E-state index in [0.717, 1.165) is 15.8 Å². The number of morpholine rings is 1. The van der Waals surface area contributed by atoms with Crippen molar-refractivity contribution in [2.45, 2.75) is 19.7 Å². The van der Waals surface area contributed by atoms with Crippen LogP contribution in [0.15, 0.2) is 59.3 Å². The third-order valence-electron chi connectivity index (χ3n) is 5.81. The van der Waals surface area contributed by atoms with Gasteiger partial charge in [-0.3, -0.25) is 14.6 Å². The Morgan fingerprint density at radius 1 is 1.18 bits per heavy atom. The second-order valence-corrected chi connectivity index (χ2v) is 9.78. The van der Waals surface area contributed by atoms with E-state index in [1.54, 1.807) is 38.1 Å². The number of rotatable bonds is 8. The summed E-state index contributed by atoms with van der Waals surface area (Å²) in [4.78, 5) is 18.3. The van der Waals surface area contributed by atoms with Crippen molar-refractivity contribution in [1.29, 1.82) is 0 Å². The first-order valence-corrected chi connectivity index (χ1v) is 12.8. The van der Waals surface area contributed by atoms with Crippen LogP contribution in [0.1, 0.15) is 37.8 Å². The number of urea groups is 1. The maximum Gasteiger partial charge on any atom is 0.326 e. The largest absolute Gasteiger partial charge is 0.492 e. The standard InChI is InChI=1S/C28H30N6O4S/c1-18(2)22-16-26(38-32-22)31-27(35)29-20-5-3-19(4-6-20)23-17-34-24-8-7-21(15-25(24)39-28(34)30-23)37-14-11-33-9-12-36-13-10-33/h3-8,15-18H,9-14H2,1-2H3,(H2,29,31,35)/i9D2,10D2,12D2,13D2,18D. The number of hydrogen-bond donors (Lipinski definition) is 2. The second kappa shape index (κ2) is 11.0. The summed E-state index contributed by atoms with van der Waals surface area (Å²) in [6.07, 6.45) is 1.88. The summed E-state index contributed by atoms with van der Waals surface area (Å²) in [5.41, 5.74) is 3.31. The molecule has 2 N–H and O–H groups in total. The van der Waals surface area contributed by atoms with E-state index in [0.29, 0.717) is 32.7 Å². The first-order valence-electron chi connectivity index (χ1n) is 16.5. The molecule has 1 aliphatic rings. The van der Waals surface area contributed by atoms with Crippen LogP contribution >= 0.6 is 11.3 Å². The van der Waals surface area contributed by atoms with E-state index in [4.69, 9.17) is 26.6 Å². The molecule has 4 heterocycles. The van der Waals surface area contributed by atoms with Gasteiger partial charge in [0.15, 0.2) is 4.96 Å². The molecule has 10 nitrogen and oxygen atoms in total. The maximum atomic E-state index is 12.4. The van der Waals surface area contributed by atoms with Crippen LogP contribution in [0.3, 0.4) is 0 Å². The number of benzene rings is 2. The van der Waals surface area contributed by atoms with Gasteiger partial charge in [0.05, 0.1) is 40.2 Å².